The molecule has 3 aromatic heterocycles. The molecule has 0 bridgehead atoms. The third-order valence-electron chi connectivity index (χ3n) is 2.89. The summed E-state index contributed by atoms with van der Waals surface area (Å²) in [7, 11) is 0. The maximum Gasteiger partial charge on any atom is 0.0924 e. The zero-order valence-electron chi connectivity index (χ0n) is 10.7. The van der Waals surface area contributed by atoms with Crippen LogP contribution in [0.4, 0.5) is 0 Å². The van der Waals surface area contributed by atoms with Gasteiger partial charge in [-0.15, -0.1) is 0 Å². The topological polar surface area (TPSA) is 54.5 Å². The number of aromatic amines is 1. The number of nitrogens with one attached hydrogen (secondary N) is 1. The van der Waals surface area contributed by atoms with Crippen LogP contribution in [0.1, 0.15) is 17.1 Å². The van der Waals surface area contributed by atoms with Crippen LogP contribution in [-0.2, 0) is 6.42 Å². The van der Waals surface area contributed by atoms with Gasteiger partial charge < -0.3 is 4.98 Å². The Labute approximate surface area is 111 Å². The fourth-order valence-corrected chi connectivity index (χ4v) is 2.01. The second kappa shape index (κ2) is 5.02. The first-order chi connectivity index (χ1) is 9.31. The summed E-state index contributed by atoms with van der Waals surface area (Å²) in [5.41, 5.74) is 4.91. The first-order valence-electron chi connectivity index (χ1n) is 6.18. The van der Waals surface area contributed by atoms with Crippen molar-refractivity contribution in [3.05, 3.63) is 66.0 Å². The second-order valence-corrected chi connectivity index (χ2v) is 4.43. The van der Waals surface area contributed by atoms with Crippen molar-refractivity contribution < 1.29 is 0 Å². The lowest BCUT2D eigenvalue weighted by Gasteiger charge is -2.03. The lowest BCUT2D eigenvalue weighted by atomic mass is 10.1. The van der Waals surface area contributed by atoms with E-state index in [9.17, 15) is 0 Å². The van der Waals surface area contributed by atoms with E-state index in [0.717, 1.165) is 34.9 Å². The molecule has 0 spiro atoms. The van der Waals surface area contributed by atoms with Gasteiger partial charge in [-0.2, -0.15) is 0 Å². The molecule has 0 aliphatic carbocycles. The van der Waals surface area contributed by atoms with E-state index in [1.165, 1.54) is 0 Å². The third kappa shape index (κ3) is 2.68. The number of hydrogen-bond donors (Lipinski definition) is 1. The summed E-state index contributed by atoms with van der Waals surface area (Å²) >= 11 is 0. The van der Waals surface area contributed by atoms with Gasteiger partial charge in [0.15, 0.2) is 0 Å². The van der Waals surface area contributed by atoms with Gasteiger partial charge >= 0.3 is 0 Å². The number of imidazole rings is 1. The zero-order valence-corrected chi connectivity index (χ0v) is 10.7. The van der Waals surface area contributed by atoms with Crippen LogP contribution in [0.5, 0.6) is 0 Å². The van der Waals surface area contributed by atoms with Crippen molar-refractivity contribution >= 4 is 0 Å². The molecule has 0 amide bonds. The number of rotatable bonds is 3. The van der Waals surface area contributed by atoms with Crippen LogP contribution < -0.4 is 0 Å². The largest absolute Gasteiger partial charge is 0.343 e. The van der Waals surface area contributed by atoms with E-state index in [-0.39, 0.29) is 0 Å². The van der Waals surface area contributed by atoms with Gasteiger partial charge in [0, 0.05) is 23.5 Å². The van der Waals surface area contributed by atoms with E-state index < -0.39 is 0 Å². The molecule has 0 aromatic carbocycles. The van der Waals surface area contributed by atoms with Gasteiger partial charge in [-0.1, -0.05) is 12.1 Å². The van der Waals surface area contributed by atoms with E-state index in [0.29, 0.717) is 0 Å². The molecule has 0 saturated heterocycles. The normalized spacial score (nSPS) is 10.6. The summed E-state index contributed by atoms with van der Waals surface area (Å²) < 4.78 is 0. The van der Waals surface area contributed by atoms with Crippen LogP contribution >= 0.6 is 0 Å². The minimum Gasteiger partial charge on any atom is -0.343 e. The Morgan fingerprint density at radius 2 is 1.79 bits per heavy atom. The van der Waals surface area contributed by atoms with Crippen LogP contribution in [-0.4, -0.2) is 19.9 Å². The Kier molecular flexibility index (Phi) is 3.06. The Morgan fingerprint density at radius 1 is 1.00 bits per heavy atom. The lowest BCUT2D eigenvalue weighted by Crippen LogP contribution is -1.97. The van der Waals surface area contributed by atoms with Crippen molar-refractivity contribution in [1.29, 1.82) is 0 Å². The fourth-order valence-electron chi connectivity index (χ4n) is 2.01. The van der Waals surface area contributed by atoms with Crippen LogP contribution in [0.15, 0.2) is 48.9 Å². The molecular formula is C15H14N4. The average Bonchev–Trinajstić information content (AvgIpc) is 2.93. The fraction of sp³-hybridized carbons (Fsp3) is 0.133. The number of H-pyrrole nitrogens is 1. The van der Waals surface area contributed by atoms with Gasteiger partial charge in [-0.25, -0.2) is 4.98 Å². The number of aromatic nitrogens is 4. The number of nitrogens with zero attached hydrogens (tertiary/aromatic N) is 3. The molecule has 0 saturated carbocycles. The summed E-state index contributed by atoms with van der Waals surface area (Å²) in [6.45, 7) is 2.00. The lowest BCUT2D eigenvalue weighted by molar-refractivity contribution is 0.992. The van der Waals surface area contributed by atoms with Crippen molar-refractivity contribution in [2.24, 2.45) is 0 Å². The van der Waals surface area contributed by atoms with Crippen molar-refractivity contribution in [2.45, 2.75) is 13.3 Å². The number of hydrogen-bond acceptors (Lipinski definition) is 3. The highest BCUT2D eigenvalue weighted by molar-refractivity contribution is 5.52. The second-order valence-electron chi connectivity index (χ2n) is 4.43. The molecule has 3 heterocycles. The van der Waals surface area contributed by atoms with Gasteiger partial charge in [0.1, 0.15) is 0 Å². The van der Waals surface area contributed by atoms with Crippen molar-refractivity contribution in [3.63, 3.8) is 0 Å². The molecule has 94 valence electrons. The van der Waals surface area contributed by atoms with Crippen LogP contribution in [0.3, 0.4) is 0 Å². The Bertz CT molecular complexity index is 674. The summed E-state index contributed by atoms with van der Waals surface area (Å²) in [5, 5.41) is 0. The standard InChI is InChI=1S/C15H14N4/c1-11-4-2-5-12(18-11)8-13-6-3-7-14(19-13)15-9-16-10-17-15/h2-7,9-10H,8H2,1H3,(H,16,17). The zero-order chi connectivity index (χ0) is 13.1. The van der Waals surface area contributed by atoms with Gasteiger partial charge in [0.05, 0.1) is 23.9 Å². The molecule has 4 heteroatoms. The summed E-state index contributed by atoms with van der Waals surface area (Å²) in [6, 6.07) is 12.0. The molecule has 19 heavy (non-hydrogen) atoms. The Morgan fingerprint density at radius 3 is 2.53 bits per heavy atom. The van der Waals surface area contributed by atoms with E-state index in [1.54, 1.807) is 12.5 Å². The summed E-state index contributed by atoms with van der Waals surface area (Å²) in [4.78, 5) is 16.2. The average molecular weight is 250 g/mol. The molecule has 0 aliphatic rings. The maximum atomic E-state index is 4.63. The molecule has 3 rings (SSSR count). The Hall–Kier alpha value is -2.49. The predicted molar refractivity (Wildman–Crippen MR) is 73.6 cm³/mol. The van der Waals surface area contributed by atoms with E-state index >= 15 is 0 Å². The molecule has 0 atom stereocenters. The molecule has 0 unspecified atom stereocenters. The van der Waals surface area contributed by atoms with Gasteiger partial charge in [-0.05, 0) is 31.2 Å². The molecular weight excluding hydrogens is 236 g/mol. The first-order valence-corrected chi connectivity index (χ1v) is 6.18. The predicted octanol–water partition coefficient (Wildman–Crippen LogP) is 2.77. The SMILES string of the molecule is Cc1cccc(Cc2cccc(-c3cnc[nH]3)n2)n1. The van der Waals surface area contributed by atoms with E-state index in [2.05, 4.69) is 19.9 Å². The highest BCUT2D eigenvalue weighted by Crippen LogP contribution is 2.14. The van der Waals surface area contributed by atoms with Crippen LogP contribution in [0, 0.1) is 6.92 Å². The smallest absolute Gasteiger partial charge is 0.0924 e. The summed E-state index contributed by atoms with van der Waals surface area (Å²) in [5.74, 6) is 0. The van der Waals surface area contributed by atoms with Gasteiger partial charge in [0.2, 0.25) is 0 Å². The number of pyridine rings is 2. The molecule has 1 N–H and O–H groups in total. The molecule has 3 aromatic rings. The highest BCUT2D eigenvalue weighted by Gasteiger charge is 2.04. The van der Waals surface area contributed by atoms with E-state index in [1.807, 2.05) is 43.3 Å². The molecule has 0 radical (unpaired) electrons. The van der Waals surface area contributed by atoms with Crippen LogP contribution in [0.25, 0.3) is 11.4 Å². The molecule has 0 fully saturated rings. The monoisotopic (exact) mass is 250 g/mol. The van der Waals surface area contributed by atoms with Gasteiger partial charge in [0.25, 0.3) is 0 Å². The molecule has 4 nitrogen and oxygen atoms in total. The third-order valence-corrected chi connectivity index (χ3v) is 2.89. The van der Waals surface area contributed by atoms with Crippen molar-refractivity contribution in [2.75, 3.05) is 0 Å². The van der Waals surface area contributed by atoms with Gasteiger partial charge in [-0.3, -0.25) is 9.97 Å². The van der Waals surface area contributed by atoms with Crippen molar-refractivity contribution in [1.82, 2.24) is 19.9 Å². The maximum absolute atomic E-state index is 4.63. The first kappa shape index (κ1) is 11.6. The number of aryl methyl sites for hydroxylation is 1. The van der Waals surface area contributed by atoms with E-state index in [4.69, 9.17) is 0 Å². The molecule has 0 aliphatic heterocycles. The summed E-state index contributed by atoms with van der Waals surface area (Å²) in [6.07, 6.45) is 4.17. The minimum atomic E-state index is 0.740. The quantitative estimate of drug-likeness (QED) is 0.777. The minimum absolute atomic E-state index is 0.740. The Balaban J connectivity index is 1.88. The van der Waals surface area contributed by atoms with Crippen LogP contribution in [0.2, 0.25) is 0 Å². The highest BCUT2D eigenvalue weighted by atomic mass is 14.9. The van der Waals surface area contributed by atoms with Crippen molar-refractivity contribution in [3.8, 4) is 11.4 Å².